The Labute approximate surface area is 111 Å². The lowest BCUT2D eigenvalue weighted by atomic mass is 10.2. The highest BCUT2D eigenvalue weighted by Gasteiger charge is 2.28. The van der Waals surface area contributed by atoms with Crippen LogP contribution in [-0.2, 0) is 0 Å². The molecule has 0 heterocycles. The molecule has 0 aliphatic rings. The fourth-order valence-electron chi connectivity index (χ4n) is 1.64. The van der Waals surface area contributed by atoms with Gasteiger partial charge >= 0.3 is 0 Å². The number of benzene rings is 2. The largest absolute Gasteiger partial charge is 0.379 e. The number of halogens is 2. The Kier molecular flexibility index (Phi) is 4.34. The number of anilines is 2. The summed E-state index contributed by atoms with van der Waals surface area (Å²) in [6.07, 6.45) is 0. The second kappa shape index (κ2) is 6.18. The van der Waals surface area contributed by atoms with E-state index in [1.54, 1.807) is 24.3 Å². The molecule has 2 N–H and O–H groups in total. The number of alkyl halides is 2. The van der Waals surface area contributed by atoms with E-state index < -0.39 is 19.0 Å². The van der Waals surface area contributed by atoms with Crippen LogP contribution >= 0.6 is 0 Å². The Morgan fingerprint density at radius 1 is 0.684 bits per heavy atom. The Bertz CT molecular complexity index is 441. The summed E-state index contributed by atoms with van der Waals surface area (Å²) >= 11 is 0. The molecule has 2 nitrogen and oxygen atoms in total. The van der Waals surface area contributed by atoms with Crippen LogP contribution in [0, 0.1) is 0 Å². The summed E-state index contributed by atoms with van der Waals surface area (Å²) in [6, 6.07) is 18.0. The molecule has 100 valence electrons. The minimum Gasteiger partial charge on any atom is -0.379 e. The maximum absolute atomic E-state index is 13.7. The highest BCUT2D eigenvalue weighted by atomic mass is 19.3. The third-order valence-electron chi connectivity index (χ3n) is 2.65. The lowest BCUT2D eigenvalue weighted by Crippen LogP contribution is -2.34. The molecule has 0 saturated carbocycles. The first-order valence-corrected chi connectivity index (χ1v) is 6.11. The van der Waals surface area contributed by atoms with E-state index in [1.807, 2.05) is 36.4 Å². The molecule has 0 atom stereocenters. The lowest BCUT2D eigenvalue weighted by molar-refractivity contribution is 0.0300. The van der Waals surface area contributed by atoms with E-state index in [9.17, 15) is 8.78 Å². The Balaban J connectivity index is 1.82. The lowest BCUT2D eigenvalue weighted by Gasteiger charge is -2.19. The SMILES string of the molecule is FC(F)(CNc1ccccc1)CNc1ccccc1. The van der Waals surface area contributed by atoms with Crippen LogP contribution in [0.25, 0.3) is 0 Å². The zero-order valence-corrected chi connectivity index (χ0v) is 10.4. The molecular weight excluding hydrogens is 246 g/mol. The summed E-state index contributed by atoms with van der Waals surface area (Å²) in [5, 5.41) is 5.46. The molecule has 2 aromatic carbocycles. The standard InChI is InChI=1S/C15H16F2N2/c16-15(17,11-18-13-7-3-1-4-8-13)12-19-14-9-5-2-6-10-14/h1-10,18-19H,11-12H2. The number of hydrogen-bond donors (Lipinski definition) is 2. The molecule has 0 amide bonds. The van der Waals surface area contributed by atoms with Gasteiger partial charge in [0.05, 0.1) is 13.1 Å². The van der Waals surface area contributed by atoms with Gasteiger partial charge in [0.15, 0.2) is 0 Å². The van der Waals surface area contributed by atoms with Crippen molar-refractivity contribution in [1.29, 1.82) is 0 Å². The molecule has 0 spiro atoms. The summed E-state index contributed by atoms with van der Waals surface area (Å²) in [7, 11) is 0. The predicted molar refractivity (Wildman–Crippen MR) is 74.8 cm³/mol. The van der Waals surface area contributed by atoms with E-state index in [-0.39, 0.29) is 0 Å². The van der Waals surface area contributed by atoms with Gasteiger partial charge in [0.1, 0.15) is 0 Å². The summed E-state index contributed by atoms with van der Waals surface area (Å²) in [4.78, 5) is 0. The summed E-state index contributed by atoms with van der Waals surface area (Å²) < 4.78 is 27.3. The van der Waals surface area contributed by atoms with E-state index in [0.717, 1.165) is 0 Å². The van der Waals surface area contributed by atoms with E-state index in [2.05, 4.69) is 10.6 Å². The molecule has 2 aromatic rings. The Morgan fingerprint density at radius 2 is 1.05 bits per heavy atom. The smallest absolute Gasteiger partial charge is 0.281 e. The Hall–Kier alpha value is -2.10. The topological polar surface area (TPSA) is 24.1 Å². The van der Waals surface area contributed by atoms with Gasteiger partial charge < -0.3 is 10.6 Å². The van der Waals surface area contributed by atoms with Crippen molar-refractivity contribution in [2.24, 2.45) is 0 Å². The first-order chi connectivity index (χ1) is 9.16. The fraction of sp³-hybridized carbons (Fsp3) is 0.200. The quantitative estimate of drug-likeness (QED) is 0.826. The van der Waals surface area contributed by atoms with Gasteiger partial charge in [-0.05, 0) is 24.3 Å². The molecule has 19 heavy (non-hydrogen) atoms. The van der Waals surface area contributed by atoms with Crippen LogP contribution in [0.2, 0.25) is 0 Å². The monoisotopic (exact) mass is 262 g/mol. The van der Waals surface area contributed by atoms with Crippen LogP contribution in [-0.4, -0.2) is 19.0 Å². The first-order valence-electron chi connectivity index (χ1n) is 6.11. The third-order valence-corrected chi connectivity index (χ3v) is 2.65. The maximum Gasteiger partial charge on any atom is 0.281 e. The number of hydrogen-bond acceptors (Lipinski definition) is 2. The van der Waals surface area contributed by atoms with Crippen LogP contribution in [0.1, 0.15) is 0 Å². The molecule has 0 saturated heterocycles. The molecule has 0 bridgehead atoms. The molecule has 2 rings (SSSR count). The number of para-hydroxylation sites is 2. The Morgan fingerprint density at radius 3 is 1.42 bits per heavy atom. The first kappa shape index (κ1) is 13.3. The van der Waals surface area contributed by atoms with Crippen LogP contribution in [0.15, 0.2) is 60.7 Å². The van der Waals surface area contributed by atoms with E-state index in [4.69, 9.17) is 0 Å². The van der Waals surface area contributed by atoms with Gasteiger partial charge in [-0.15, -0.1) is 0 Å². The van der Waals surface area contributed by atoms with E-state index in [0.29, 0.717) is 11.4 Å². The van der Waals surface area contributed by atoms with E-state index >= 15 is 0 Å². The van der Waals surface area contributed by atoms with Gasteiger partial charge in [0.2, 0.25) is 0 Å². The van der Waals surface area contributed by atoms with Crippen molar-refractivity contribution in [2.45, 2.75) is 5.92 Å². The molecule has 0 fully saturated rings. The van der Waals surface area contributed by atoms with Crippen LogP contribution in [0.4, 0.5) is 20.2 Å². The van der Waals surface area contributed by atoms with Crippen molar-refractivity contribution >= 4 is 11.4 Å². The second-order valence-electron chi connectivity index (χ2n) is 4.30. The zero-order valence-electron chi connectivity index (χ0n) is 10.4. The van der Waals surface area contributed by atoms with Gasteiger partial charge in [-0.3, -0.25) is 0 Å². The number of rotatable bonds is 6. The van der Waals surface area contributed by atoms with Crippen molar-refractivity contribution in [3.05, 3.63) is 60.7 Å². The molecule has 0 radical (unpaired) electrons. The number of nitrogens with one attached hydrogen (secondary N) is 2. The van der Waals surface area contributed by atoms with Gasteiger partial charge in [-0.1, -0.05) is 36.4 Å². The van der Waals surface area contributed by atoms with Gasteiger partial charge in [-0.2, -0.15) is 0 Å². The van der Waals surface area contributed by atoms with Gasteiger partial charge in [0, 0.05) is 11.4 Å². The summed E-state index contributed by atoms with van der Waals surface area (Å²) in [5.41, 5.74) is 1.39. The second-order valence-corrected chi connectivity index (χ2v) is 4.30. The molecular formula is C15H16F2N2. The summed E-state index contributed by atoms with van der Waals surface area (Å²) in [5.74, 6) is -2.81. The third kappa shape index (κ3) is 4.58. The van der Waals surface area contributed by atoms with Crippen LogP contribution in [0.3, 0.4) is 0 Å². The van der Waals surface area contributed by atoms with Crippen molar-refractivity contribution < 1.29 is 8.78 Å². The van der Waals surface area contributed by atoms with Crippen LogP contribution in [0.5, 0.6) is 0 Å². The summed E-state index contributed by atoms with van der Waals surface area (Å²) in [6.45, 7) is -0.784. The highest BCUT2D eigenvalue weighted by molar-refractivity contribution is 5.44. The van der Waals surface area contributed by atoms with Crippen molar-refractivity contribution in [2.75, 3.05) is 23.7 Å². The van der Waals surface area contributed by atoms with Crippen molar-refractivity contribution in [3.63, 3.8) is 0 Å². The van der Waals surface area contributed by atoms with Crippen molar-refractivity contribution in [3.8, 4) is 0 Å². The average Bonchev–Trinajstić information content (AvgIpc) is 2.46. The maximum atomic E-state index is 13.7. The van der Waals surface area contributed by atoms with Gasteiger partial charge in [-0.25, -0.2) is 8.78 Å². The van der Waals surface area contributed by atoms with E-state index in [1.165, 1.54) is 0 Å². The fourth-order valence-corrected chi connectivity index (χ4v) is 1.64. The average molecular weight is 262 g/mol. The molecule has 0 unspecified atom stereocenters. The highest BCUT2D eigenvalue weighted by Crippen LogP contribution is 2.17. The molecule has 0 aliphatic heterocycles. The zero-order chi connectivity index (χ0) is 13.6. The minimum atomic E-state index is -2.81. The predicted octanol–water partition coefficient (Wildman–Crippen LogP) is 3.85. The molecule has 4 heteroatoms. The minimum absolute atomic E-state index is 0.392. The van der Waals surface area contributed by atoms with Gasteiger partial charge in [0.25, 0.3) is 5.92 Å². The normalized spacial score (nSPS) is 11.1. The molecule has 0 aliphatic carbocycles. The van der Waals surface area contributed by atoms with Crippen LogP contribution < -0.4 is 10.6 Å². The molecule has 0 aromatic heterocycles. The van der Waals surface area contributed by atoms with Crippen molar-refractivity contribution in [1.82, 2.24) is 0 Å².